The normalized spacial score (nSPS) is 16.4. The van der Waals surface area contributed by atoms with Gasteiger partial charge in [0.25, 0.3) is 0 Å². The highest BCUT2D eigenvalue weighted by atomic mass is 14.9. The summed E-state index contributed by atoms with van der Waals surface area (Å²) in [6, 6.07) is 10.6. The Morgan fingerprint density at radius 2 is 1.94 bits per heavy atom. The molecule has 1 aliphatic carbocycles. The van der Waals surface area contributed by atoms with Crippen LogP contribution in [0.4, 0.5) is 0 Å². The van der Waals surface area contributed by atoms with Gasteiger partial charge in [-0.25, -0.2) is 0 Å². The van der Waals surface area contributed by atoms with Gasteiger partial charge < -0.3 is 5.32 Å². The molecule has 1 N–H and O–H groups in total. The molecule has 0 atom stereocenters. The van der Waals surface area contributed by atoms with Crippen LogP contribution in [0.2, 0.25) is 0 Å². The maximum absolute atomic E-state index is 4.49. The summed E-state index contributed by atoms with van der Waals surface area (Å²) in [5.41, 5.74) is 2.45. The molecule has 0 spiro atoms. The highest BCUT2D eigenvalue weighted by molar-refractivity contribution is 5.81. The van der Waals surface area contributed by atoms with Crippen LogP contribution in [0.15, 0.2) is 36.5 Å². The average Bonchev–Trinajstić information content (AvgIpc) is 2.92. The third kappa shape index (κ3) is 2.54. The quantitative estimate of drug-likeness (QED) is 0.884. The highest BCUT2D eigenvalue weighted by Gasteiger charge is 2.14. The lowest BCUT2D eigenvalue weighted by molar-refractivity contribution is 0.490. The Kier molecular flexibility index (Phi) is 3.56. The summed E-state index contributed by atoms with van der Waals surface area (Å²) < 4.78 is 0. The molecule has 2 nitrogen and oxygen atoms in total. The van der Waals surface area contributed by atoms with E-state index in [1.165, 1.54) is 36.6 Å². The van der Waals surface area contributed by atoms with Gasteiger partial charge in [0.2, 0.25) is 0 Å². The smallest absolute Gasteiger partial charge is 0.0746 e. The van der Waals surface area contributed by atoms with E-state index in [0.717, 1.165) is 24.5 Å². The number of hydrogen-bond acceptors (Lipinski definition) is 2. The highest BCUT2D eigenvalue weighted by Crippen LogP contribution is 2.24. The molecule has 0 aliphatic heterocycles. The lowest BCUT2D eigenvalue weighted by atomic mass is 10.1. The molecule has 3 rings (SSSR count). The second-order valence-corrected chi connectivity index (χ2v) is 5.27. The minimum atomic E-state index is 0.896. The van der Waals surface area contributed by atoms with Crippen LogP contribution >= 0.6 is 0 Å². The van der Waals surface area contributed by atoms with E-state index in [2.05, 4.69) is 34.6 Å². The van der Waals surface area contributed by atoms with Crippen LogP contribution in [0.1, 0.15) is 31.2 Å². The van der Waals surface area contributed by atoms with E-state index in [4.69, 9.17) is 0 Å². The minimum absolute atomic E-state index is 0.896. The van der Waals surface area contributed by atoms with Crippen LogP contribution < -0.4 is 5.32 Å². The SMILES string of the molecule is c1cnc2c(CNCC3CCCC3)cccc2c1. The van der Waals surface area contributed by atoms with Gasteiger partial charge in [0, 0.05) is 18.1 Å². The predicted molar refractivity (Wildman–Crippen MR) is 75.4 cm³/mol. The summed E-state index contributed by atoms with van der Waals surface area (Å²) in [4.78, 5) is 4.49. The first-order chi connectivity index (χ1) is 8.93. The molecule has 0 unspecified atom stereocenters. The average molecular weight is 240 g/mol. The zero-order chi connectivity index (χ0) is 12.2. The van der Waals surface area contributed by atoms with Crippen molar-refractivity contribution in [2.75, 3.05) is 6.54 Å². The second-order valence-electron chi connectivity index (χ2n) is 5.27. The van der Waals surface area contributed by atoms with Crippen LogP contribution in [0, 0.1) is 5.92 Å². The number of nitrogens with one attached hydrogen (secondary N) is 1. The monoisotopic (exact) mass is 240 g/mol. The van der Waals surface area contributed by atoms with Crippen molar-refractivity contribution in [3.05, 3.63) is 42.1 Å². The van der Waals surface area contributed by atoms with Crippen molar-refractivity contribution < 1.29 is 0 Å². The Balaban J connectivity index is 1.66. The van der Waals surface area contributed by atoms with Gasteiger partial charge in [-0.2, -0.15) is 0 Å². The molecule has 0 bridgehead atoms. The molecule has 2 heteroatoms. The van der Waals surface area contributed by atoms with Gasteiger partial charge in [0.15, 0.2) is 0 Å². The van der Waals surface area contributed by atoms with E-state index in [9.17, 15) is 0 Å². The van der Waals surface area contributed by atoms with E-state index in [1.54, 1.807) is 0 Å². The maximum atomic E-state index is 4.49. The largest absolute Gasteiger partial charge is 0.312 e. The van der Waals surface area contributed by atoms with Gasteiger partial charge in [0.1, 0.15) is 0 Å². The number of benzene rings is 1. The topological polar surface area (TPSA) is 24.9 Å². The molecular formula is C16H20N2. The van der Waals surface area contributed by atoms with Crippen molar-refractivity contribution in [2.24, 2.45) is 5.92 Å². The van der Waals surface area contributed by atoms with Crippen LogP contribution in [-0.2, 0) is 6.54 Å². The van der Waals surface area contributed by atoms with Crippen LogP contribution in [-0.4, -0.2) is 11.5 Å². The standard InChI is InChI=1S/C16H20N2/c1-2-6-13(5-1)11-17-12-15-8-3-7-14-9-4-10-18-16(14)15/h3-4,7-10,13,17H,1-2,5-6,11-12H2. The van der Waals surface area contributed by atoms with Crippen molar-refractivity contribution in [3.8, 4) is 0 Å². The van der Waals surface area contributed by atoms with Gasteiger partial charge in [-0.3, -0.25) is 4.98 Å². The molecule has 1 aliphatic rings. The molecule has 0 saturated heterocycles. The summed E-state index contributed by atoms with van der Waals surface area (Å²) in [7, 11) is 0. The fourth-order valence-electron chi connectivity index (χ4n) is 2.94. The molecule has 94 valence electrons. The lowest BCUT2D eigenvalue weighted by Gasteiger charge is -2.11. The Labute approximate surface area is 108 Å². The fraction of sp³-hybridized carbons (Fsp3) is 0.438. The van der Waals surface area contributed by atoms with Gasteiger partial charge in [-0.1, -0.05) is 37.1 Å². The molecule has 0 radical (unpaired) electrons. The van der Waals surface area contributed by atoms with Crippen molar-refractivity contribution in [2.45, 2.75) is 32.2 Å². The summed E-state index contributed by atoms with van der Waals surface area (Å²) in [5.74, 6) is 0.896. The summed E-state index contributed by atoms with van der Waals surface area (Å²) in [5, 5.41) is 4.83. The summed E-state index contributed by atoms with van der Waals surface area (Å²) in [6.45, 7) is 2.09. The molecule has 1 fully saturated rings. The number of rotatable bonds is 4. The number of hydrogen-bond donors (Lipinski definition) is 1. The van der Waals surface area contributed by atoms with Crippen molar-refractivity contribution in [3.63, 3.8) is 0 Å². The third-order valence-corrected chi connectivity index (χ3v) is 3.94. The maximum Gasteiger partial charge on any atom is 0.0746 e. The van der Waals surface area contributed by atoms with Gasteiger partial charge >= 0.3 is 0 Å². The number of pyridine rings is 1. The summed E-state index contributed by atoms with van der Waals surface area (Å²) in [6.07, 6.45) is 7.52. The van der Waals surface area contributed by atoms with E-state index < -0.39 is 0 Å². The number of nitrogens with zero attached hydrogens (tertiary/aromatic N) is 1. The zero-order valence-electron chi connectivity index (χ0n) is 10.7. The van der Waals surface area contributed by atoms with Gasteiger partial charge in [-0.15, -0.1) is 0 Å². The predicted octanol–water partition coefficient (Wildman–Crippen LogP) is 3.51. The molecular weight excluding hydrogens is 220 g/mol. The van der Waals surface area contributed by atoms with E-state index in [-0.39, 0.29) is 0 Å². The minimum Gasteiger partial charge on any atom is -0.312 e. The Morgan fingerprint density at radius 1 is 1.11 bits per heavy atom. The molecule has 18 heavy (non-hydrogen) atoms. The van der Waals surface area contributed by atoms with Gasteiger partial charge in [-0.05, 0) is 36.9 Å². The molecule has 1 saturated carbocycles. The zero-order valence-corrected chi connectivity index (χ0v) is 10.7. The Bertz CT molecular complexity index is 510. The second kappa shape index (κ2) is 5.49. The summed E-state index contributed by atoms with van der Waals surface area (Å²) >= 11 is 0. The molecule has 2 aromatic rings. The molecule has 1 aromatic carbocycles. The number of para-hydroxylation sites is 1. The van der Waals surface area contributed by atoms with E-state index >= 15 is 0 Å². The lowest BCUT2D eigenvalue weighted by Crippen LogP contribution is -2.20. The van der Waals surface area contributed by atoms with E-state index in [1.807, 2.05) is 12.3 Å². The number of fused-ring (bicyclic) bond motifs is 1. The molecule has 1 heterocycles. The number of aromatic nitrogens is 1. The van der Waals surface area contributed by atoms with Crippen LogP contribution in [0.5, 0.6) is 0 Å². The van der Waals surface area contributed by atoms with Crippen molar-refractivity contribution >= 4 is 10.9 Å². The fourth-order valence-corrected chi connectivity index (χ4v) is 2.94. The Hall–Kier alpha value is -1.41. The van der Waals surface area contributed by atoms with E-state index in [0.29, 0.717) is 0 Å². The first-order valence-electron chi connectivity index (χ1n) is 6.97. The van der Waals surface area contributed by atoms with Crippen molar-refractivity contribution in [1.29, 1.82) is 0 Å². The molecule has 1 aromatic heterocycles. The molecule has 0 amide bonds. The van der Waals surface area contributed by atoms with Crippen LogP contribution in [0.25, 0.3) is 10.9 Å². The van der Waals surface area contributed by atoms with Crippen LogP contribution in [0.3, 0.4) is 0 Å². The first kappa shape index (κ1) is 11.7. The first-order valence-corrected chi connectivity index (χ1v) is 6.97. The Morgan fingerprint density at radius 3 is 2.83 bits per heavy atom. The van der Waals surface area contributed by atoms with Gasteiger partial charge in [0.05, 0.1) is 5.52 Å². The van der Waals surface area contributed by atoms with Crippen molar-refractivity contribution in [1.82, 2.24) is 10.3 Å². The third-order valence-electron chi connectivity index (χ3n) is 3.94.